The lowest BCUT2D eigenvalue weighted by Crippen LogP contribution is -2.14. The minimum atomic E-state index is -0.316. The molecular formula is C20H19ClN2O3S. The van der Waals surface area contributed by atoms with Crippen molar-refractivity contribution in [2.75, 3.05) is 25.6 Å². The summed E-state index contributed by atoms with van der Waals surface area (Å²) in [6.07, 6.45) is 0. The first-order valence-corrected chi connectivity index (χ1v) is 9.58. The normalized spacial score (nSPS) is 10.6. The van der Waals surface area contributed by atoms with Gasteiger partial charge < -0.3 is 14.8 Å². The number of ether oxygens (including phenoxy) is 2. The van der Waals surface area contributed by atoms with Crippen LogP contribution in [0.15, 0.2) is 47.8 Å². The van der Waals surface area contributed by atoms with Crippen LogP contribution >= 0.6 is 22.9 Å². The number of amides is 1. The van der Waals surface area contributed by atoms with Crippen LogP contribution in [-0.2, 0) is 4.74 Å². The number of para-hydroxylation sites is 1. The third kappa shape index (κ3) is 4.86. The Morgan fingerprint density at radius 2 is 1.96 bits per heavy atom. The smallest absolute Gasteiger partial charge is 0.275 e. The molecule has 7 heteroatoms. The van der Waals surface area contributed by atoms with Gasteiger partial charge in [-0.1, -0.05) is 47.5 Å². The molecule has 1 amide bonds. The number of rotatable bonds is 7. The maximum Gasteiger partial charge on any atom is 0.275 e. The van der Waals surface area contributed by atoms with Crippen LogP contribution in [0.25, 0.3) is 10.6 Å². The summed E-state index contributed by atoms with van der Waals surface area (Å²) in [4.78, 5) is 17.1. The van der Waals surface area contributed by atoms with Gasteiger partial charge in [0, 0.05) is 18.1 Å². The molecule has 1 heterocycles. The van der Waals surface area contributed by atoms with E-state index in [1.54, 1.807) is 30.7 Å². The Kier molecular flexibility index (Phi) is 6.45. The van der Waals surface area contributed by atoms with Crippen molar-refractivity contribution in [3.8, 4) is 16.3 Å². The molecule has 0 fully saturated rings. The van der Waals surface area contributed by atoms with Crippen molar-refractivity contribution < 1.29 is 14.3 Å². The molecule has 1 aromatic heterocycles. The summed E-state index contributed by atoms with van der Waals surface area (Å²) in [7, 11) is 1.59. The van der Waals surface area contributed by atoms with Gasteiger partial charge in [-0.25, -0.2) is 4.98 Å². The van der Waals surface area contributed by atoms with Gasteiger partial charge in [-0.3, -0.25) is 4.79 Å². The summed E-state index contributed by atoms with van der Waals surface area (Å²) in [5.41, 5.74) is 3.00. The van der Waals surface area contributed by atoms with E-state index >= 15 is 0 Å². The zero-order valence-electron chi connectivity index (χ0n) is 15.0. The number of nitrogens with zero attached hydrogens (tertiary/aromatic N) is 1. The van der Waals surface area contributed by atoms with Crippen molar-refractivity contribution in [3.63, 3.8) is 0 Å². The van der Waals surface area contributed by atoms with E-state index in [-0.39, 0.29) is 5.91 Å². The van der Waals surface area contributed by atoms with Gasteiger partial charge >= 0.3 is 0 Å². The number of carbonyl (C=O) groups excluding carboxylic acids is 1. The zero-order valence-corrected chi connectivity index (χ0v) is 16.6. The molecule has 0 saturated carbocycles. The number of anilines is 1. The van der Waals surface area contributed by atoms with Crippen molar-refractivity contribution in [2.45, 2.75) is 6.92 Å². The second kappa shape index (κ2) is 8.99. The van der Waals surface area contributed by atoms with Crippen LogP contribution in [0.1, 0.15) is 16.1 Å². The maximum atomic E-state index is 12.6. The second-order valence-electron chi connectivity index (χ2n) is 5.82. The first-order valence-electron chi connectivity index (χ1n) is 8.32. The Morgan fingerprint density at radius 1 is 1.19 bits per heavy atom. The molecule has 0 unspecified atom stereocenters. The van der Waals surface area contributed by atoms with Crippen LogP contribution in [0, 0.1) is 6.92 Å². The number of halogens is 1. The molecular weight excluding hydrogens is 384 g/mol. The van der Waals surface area contributed by atoms with Crippen molar-refractivity contribution in [2.24, 2.45) is 0 Å². The van der Waals surface area contributed by atoms with E-state index in [1.807, 2.05) is 31.2 Å². The predicted molar refractivity (Wildman–Crippen MR) is 109 cm³/mol. The van der Waals surface area contributed by atoms with Crippen LogP contribution in [0.5, 0.6) is 5.75 Å². The highest BCUT2D eigenvalue weighted by molar-refractivity contribution is 7.13. The summed E-state index contributed by atoms with van der Waals surface area (Å²) < 4.78 is 10.6. The highest BCUT2D eigenvalue weighted by Gasteiger charge is 2.16. The van der Waals surface area contributed by atoms with Gasteiger partial charge in [0.15, 0.2) is 5.75 Å². The number of aryl methyl sites for hydroxylation is 1. The summed E-state index contributed by atoms with van der Waals surface area (Å²) in [5, 5.41) is 5.77. The van der Waals surface area contributed by atoms with Gasteiger partial charge in [-0.15, -0.1) is 11.3 Å². The molecule has 140 valence electrons. The molecule has 0 saturated heterocycles. The van der Waals surface area contributed by atoms with E-state index in [1.165, 1.54) is 16.9 Å². The summed E-state index contributed by atoms with van der Waals surface area (Å²) in [6.45, 7) is 2.78. The van der Waals surface area contributed by atoms with Gasteiger partial charge in [0.2, 0.25) is 0 Å². The fourth-order valence-corrected chi connectivity index (χ4v) is 3.41. The van der Waals surface area contributed by atoms with E-state index < -0.39 is 0 Å². The lowest BCUT2D eigenvalue weighted by atomic mass is 10.2. The summed E-state index contributed by atoms with van der Waals surface area (Å²) >= 11 is 7.63. The number of thiazole rings is 1. The molecule has 1 N–H and O–H groups in total. The van der Waals surface area contributed by atoms with Gasteiger partial charge in [0.1, 0.15) is 17.3 Å². The average molecular weight is 403 g/mol. The van der Waals surface area contributed by atoms with Gasteiger partial charge in [0.25, 0.3) is 5.91 Å². The zero-order chi connectivity index (χ0) is 19.2. The van der Waals surface area contributed by atoms with Crippen LogP contribution in [-0.4, -0.2) is 31.2 Å². The van der Waals surface area contributed by atoms with Crippen molar-refractivity contribution in [1.29, 1.82) is 0 Å². The third-order valence-electron chi connectivity index (χ3n) is 3.78. The molecule has 0 aliphatic rings. The minimum absolute atomic E-state index is 0.316. The fourth-order valence-electron chi connectivity index (χ4n) is 2.37. The van der Waals surface area contributed by atoms with E-state index in [0.29, 0.717) is 35.4 Å². The number of hydrogen-bond donors (Lipinski definition) is 1. The maximum absolute atomic E-state index is 12.6. The fraction of sp³-hybridized carbons (Fsp3) is 0.200. The van der Waals surface area contributed by atoms with Crippen LogP contribution in [0.4, 0.5) is 5.69 Å². The number of nitrogens with one attached hydrogen (secondary N) is 1. The topological polar surface area (TPSA) is 60.5 Å². The molecule has 0 atom stereocenters. The minimum Gasteiger partial charge on any atom is -0.487 e. The number of benzene rings is 2. The molecule has 0 bridgehead atoms. The van der Waals surface area contributed by atoms with E-state index in [0.717, 1.165) is 10.6 Å². The van der Waals surface area contributed by atoms with Crippen LogP contribution < -0.4 is 10.1 Å². The lowest BCUT2D eigenvalue weighted by Gasteiger charge is -2.13. The molecule has 5 nitrogen and oxygen atoms in total. The second-order valence-corrected chi connectivity index (χ2v) is 7.08. The van der Waals surface area contributed by atoms with Gasteiger partial charge in [-0.2, -0.15) is 0 Å². The molecule has 2 aromatic carbocycles. The number of hydrogen-bond acceptors (Lipinski definition) is 5. The Hall–Kier alpha value is -2.41. The van der Waals surface area contributed by atoms with Crippen LogP contribution in [0.2, 0.25) is 5.02 Å². The summed E-state index contributed by atoms with van der Waals surface area (Å²) in [5.74, 6) is 0.0991. The Morgan fingerprint density at radius 3 is 2.70 bits per heavy atom. The third-order valence-corrected chi connectivity index (χ3v) is 4.97. The monoisotopic (exact) mass is 402 g/mol. The average Bonchev–Trinajstić information content (AvgIpc) is 3.15. The number of methoxy groups -OCH3 is 1. The van der Waals surface area contributed by atoms with Crippen molar-refractivity contribution in [1.82, 2.24) is 4.98 Å². The molecule has 0 aliphatic carbocycles. The molecule has 3 aromatic rings. The van der Waals surface area contributed by atoms with Crippen LogP contribution in [0.3, 0.4) is 0 Å². The predicted octanol–water partition coefficient (Wildman–Crippen LogP) is 5.05. The highest BCUT2D eigenvalue weighted by Crippen LogP contribution is 2.33. The Balaban J connectivity index is 1.76. The van der Waals surface area contributed by atoms with Gasteiger partial charge in [0.05, 0.1) is 17.3 Å². The van der Waals surface area contributed by atoms with E-state index in [2.05, 4.69) is 10.3 Å². The largest absolute Gasteiger partial charge is 0.487 e. The van der Waals surface area contributed by atoms with Crippen molar-refractivity contribution >= 4 is 34.5 Å². The Labute approximate surface area is 166 Å². The number of aromatic nitrogens is 1. The quantitative estimate of drug-likeness (QED) is 0.562. The van der Waals surface area contributed by atoms with Gasteiger partial charge in [-0.05, 0) is 19.1 Å². The van der Waals surface area contributed by atoms with Crippen molar-refractivity contribution in [3.05, 3.63) is 64.1 Å². The Bertz CT molecular complexity index is 925. The number of carbonyl (C=O) groups is 1. The highest BCUT2D eigenvalue weighted by atomic mass is 35.5. The molecule has 0 aliphatic heterocycles. The lowest BCUT2D eigenvalue weighted by molar-refractivity contribution is 0.102. The molecule has 0 radical (unpaired) electrons. The van der Waals surface area contributed by atoms with E-state index in [9.17, 15) is 4.79 Å². The SMILES string of the molecule is COCCOc1c(Cl)cccc1NC(=O)c1csc(-c2ccc(C)cc2)n1. The van der Waals surface area contributed by atoms with E-state index in [4.69, 9.17) is 21.1 Å². The standard InChI is InChI=1S/C20H19ClN2O3S/c1-13-6-8-14(9-7-13)20-23-17(12-27-20)19(24)22-16-5-3-4-15(21)18(16)26-11-10-25-2/h3-9,12H,10-11H2,1-2H3,(H,22,24). The first-order chi connectivity index (χ1) is 13.1. The molecule has 27 heavy (non-hydrogen) atoms. The molecule has 0 spiro atoms. The summed E-state index contributed by atoms with van der Waals surface area (Å²) in [6, 6.07) is 13.2. The molecule has 3 rings (SSSR count). The first kappa shape index (κ1) is 19.4.